The van der Waals surface area contributed by atoms with Crippen molar-refractivity contribution in [2.75, 3.05) is 53.0 Å². The summed E-state index contributed by atoms with van der Waals surface area (Å²) in [6, 6.07) is 0. The number of unbranched alkanes of at least 4 members (excludes halogenated alkanes) is 1. The van der Waals surface area contributed by atoms with Crippen LogP contribution < -0.4 is 10.6 Å². The Hall–Kier alpha value is -0.0800. The van der Waals surface area contributed by atoms with Gasteiger partial charge in [-0.3, -0.25) is 4.99 Å². The quantitative estimate of drug-likeness (QED) is 0.257. The third-order valence-electron chi connectivity index (χ3n) is 4.03. The van der Waals surface area contributed by atoms with Gasteiger partial charge in [-0.2, -0.15) is 0 Å². The summed E-state index contributed by atoms with van der Waals surface area (Å²) >= 11 is 0. The van der Waals surface area contributed by atoms with Crippen molar-refractivity contribution in [2.45, 2.75) is 39.5 Å². The van der Waals surface area contributed by atoms with Gasteiger partial charge in [-0.05, 0) is 51.6 Å². The molecule has 1 rings (SSSR count). The molecule has 1 heterocycles. The molecule has 6 heteroatoms. The number of nitrogens with one attached hydrogen (secondary N) is 2. The fraction of sp³-hybridized carbons (Fsp3) is 0.938. The van der Waals surface area contributed by atoms with Crippen LogP contribution in [-0.2, 0) is 4.74 Å². The molecule has 1 aliphatic rings. The molecule has 0 atom stereocenters. The molecule has 1 saturated heterocycles. The Morgan fingerprint density at radius 1 is 1.18 bits per heavy atom. The molecule has 1 fully saturated rings. The van der Waals surface area contributed by atoms with Gasteiger partial charge >= 0.3 is 0 Å². The highest BCUT2D eigenvalue weighted by Crippen LogP contribution is 2.14. The molecule has 0 spiro atoms. The largest absolute Gasteiger partial charge is 0.382 e. The number of hydrogen-bond donors (Lipinski definition) is 2. The summed E-state index contributed by atoms with van der Waals surface area (Å²) in [6.07, 6.45) is 4.90. The molecule has 0 amide bonds. The lowest BCUT2D eigenvalue weighted by Gasteiger charge is -2.30. The van der Waals surface area contributed by atoms with Gasteiger partial charge in [-0.15, -0.1) is 24.0 Å². The van der Waals surface area contributed by atoms with Crippen LogP contribution in [0.2, 0.25) is 0 Å². The Labute approximate surface area is 153 Å². The number of aliphatic imine (C=N–C) groups is 1. The van der Waals surface area contributed by atoms with E-state index in [4.69, 9.17) is 4.74 Å². The van der Waals surface area contributed by atoms with Gasteiger partial charge in [0.1, 0.15) is 0 Å². The molecule has 1 aliphatic heterocycles. The second kappa shape index (κ2) is 14.5. The van der Waals surface area contributed by atoms with Gasteiger partial charge < -0.3 is 20.3 Å². The molecule has 0 aromatic heterocycles. The summed E-state index contributed by atoms with van der Waals surface area (Å²) in [7, 11) is 1.83. The minimum atomic E-state index is 0. The Morgan fingerprint density at radius 2 is 1.86 bits per heavy atom. The van der Waals surface area contributed by atoms with Crippen LogP contribution in [0.25, 0.3) is 0 Å². The van der Waals surface area contributed by atoms with Gasteiger partial charge in [0.25, 0.3) is 0 Å². The minimum Gasteiger partial charge on any atom is -0.382 e. The summed E-state index contributed by atoms with van der Waals surface area (Å²) in [5.74, 6) is 1.82. The second-order valence-electron chi connectivity index (χ2n) is 5.85. The van der Waals surface area contributed by atoms with Gasteiger partial charge in [0, 0.05) is 39.9 Å². The van der Waals surface area contributed by atoms with E-state index in [-0.39, 0.29) is 24.0 Å². The first-order chi connectivity index (χ1) is 10.3. The van der Waals surface area contributed by atoms with E-state index in [1.165, 1.54) is 25.9 Å². The third kappa shape index (κ3) is 10.6. The molecular weight excluding hydrogens is 391 g/mol. The topological polar surface area (TPSA) is 48.9 Å². The van der Waals surface area contributed by atoms with Crippen LogP contribution in [0.3, 0.4) is 0 Å². The van der Waals surface area contributed by atoms with Gasteiger partial charge in [-0.1, -0.05) is 6.92 Å². The SMILES string of the molecule is CCOCCCCNC(=NC)NCCN1CCC(C)CC1.I. The van der Waals surface area contributed by atoms with Crippen LogP contribution in [0.4, 0.5) is 0 Å². The van der Waals surface area contributed by atoms with Gasteiger partial charge in [0.15, 0.2) is 5.96 Å². The van der Waals surface area contributed by atoms with Crippen molar-refractivity contribution in [3.05, 3.63) is 0 Å². The van der Waals surface area contributed by atoms with E-state index < -0.39 is 0 Å². The highest BCUT2D eigenvalue weighted by molar-refractivity contribution is 14.0. The summed E-state index contributed by atoms with van der Waals surface area (Å²) in [4.78, 5) is 6.81. The van der Waals surface area contributed by atoms with Crippen LogP contribution in [0.5, 0.6) is 0 Å². The monoisotopic (exact) mass is 426 g/mol. The Balaban J connectivity index is 0.00000441. The lowest BCUT2D eigenvalue weighted by atomic mass is 9.99. The van der Waals surface area contributed by atoms with E-state index in [2.05, 4.69) is 27.4 Å². The number of ether oxygens (including phenoxy) is 1. The van der Waals surface area contributed by atoms with Crippen molar-refractivity contribution >= 4 is 29.9 Å². The first-order valence-corrected chi connectivity index (χ1v) is 8.50. The normalized spacial score (nSPS) is 17.1. The second-order valence-corrected chi connectivity index (χ2v) is 5.85. The predicted octanol–water partition coefficient (Wildman–Crippen LogP) is 2.32. The molecule has 132 valence electrons. The fourth-order valence-electron chi connectivity index (χ4n) is 2.52. The molecule has 0 aromatic carbocycles. The van der Waals surface area contributed by atoms with Crippen molar-refractivity contribution in [2.24, 2.45) is 10.9 Å². The molecule has 0 radical (unpaired) electrons. The number of guanidine groups is 1. The highest BCUT2D eigenvalue weighted by atomic mass is 127. The first kappa shape index (κ1) is 21.9. The first-order valence-electron chi connectivity index (χ1n) is 8.50. The fourth-order valence-corrected chi connectivity index (χ4v) is 2.52. The number of rotatable bonds is 9. The smallest absolute Gasteiger partial charge is 0.191 e. The molecule has 2 N–H and O–H groups in total. The average molecular weight is 426 g/mol. The zero-order chi connectivity index (χ0) is 15.3. The van der Waals surface area contributed by atoms with Crippen LogP contribution in [-0.4, -0.2) is 63.8 Å². The molecular formula is C16H35IN4O. The third-order valence-corrected chi connectivity index (χ3v) is 4.03. The van der Waals surface area contributed by atoms with E-state index in [0.717, 1.165) is 57.6 Å². The number of hydrogen-bond acceptors (Lipinski definition) is 3. The Morgan fingerprint density at radius 3 is 2.50 bits per heavy atom. The molecule has 0 aliphatic carbocycles. The van der Waals surface area contributed by atoms with Gasteiger partial charge in [-0.25, -0.2) is 0 Å². The molecule has 0 bridgehead atoms. The molecule has 0 aromatic rings. The standard InChI is InChI=1S/C16H34N4O.HI/c1-4-21-14-6-5-9-18-16(17-3)19-10-13-20-11-7-15(2)8-12-20;/h15H,4-14H2,1-3H3,(H2,17,18,19);1H. The van der Waals surface area contributed by atoms with Crippen molar-refractivity contribution in [3.8, 4) is 0 Å². The Bertz CT molecular complexity index is 281. The summed E-state index contributed by atoms with van der Waals surface area (Å²) < 4.78 is 5.33. The average Bonchev–Trinajstić information content (AvgIpc) is 2.50. The summed E-state index contributed by atoms with van der Waals surface area (Å²) in [6.45, 7) is 11.6. The van der Waals surface area contributed by atoms with Crippen LogP contribution in [0.15, 0.2) is 4.99 Å². The highest BCUT2D eigenvalue weighted by Gasteiger charge is 2.14. The van der Waals surface area contributed by atoms with Crippen molar-refractivity contribution in [3.63, 3.8) is 0 Å². The summed E-state index contributed by atoms with van der Waals surface area (Å²) in [5, 5.41) is 6.75. The predicted molar refractivity (Wildman–Crippen MR) is 105 cm³/mol. The van der Waals surface area contributed by atoms with Crippen LogP contribution in [0, 0.1) is 5.92 Å². The molecule has 0 saturated carbocycles. The Kier molecular flexibility index (Phi) is 14.5. The molecule has 0 unspecified atom stereocenters. The number of halogens is 1. The number of piperidine rings is 1. The maximum atomic E-state index is 5.33. The van der Waals surface area contributed by atoms with Crippen molar-refractivity contribution < 1.29 is 4.74 Å². The molecule has 22 heavy (non-hydrogen) atoms. The van der Waals surface area contributed by atoms with E-state index in [1.807, 2.05) is 14.0 Å². The number of nitrogens with zero attached hydrogens (tertiary/aromatic N) is 2. The van der Waals surface area contributed by atoms with E-state index >= 15 is 0 Å². The van der Waals surface area contributed by atoms with Crippen molar-refractivity contribution in [1.82, 2.24) is 15.5 Å². The summed E-state index contributed by atoms with van der Waals surface area (Å²) in [5.41, 5.74) is 0. The zero-order valence-electron chi connectivity index (χ0n) is 14.6. The maximum absolute atomic E-state index is 5.33. The van der Waals surface area contributed by atoms with Gasteiger partial charge in [0.2, 0.25) is 0 Å². The lowest BCUT2D eigenvalue weighted by Crippen LogP contribution is -2.43. The van der Waals surface area contributed by atoms with Crippen LogP contribution >= 0.6 is 24.0 Å². The number of likely N-dealkylation sites (tertiary alicyclic amines) is 1. The minimum absolute atomic E-state index is 0. The van der Waals surface area contributed by atoms with E-state index in [1.54, 1.807) is 0 Å². The zero-order valence-corrected chi connectivity index (χ0v) is 16.9. The van der Waals surface area contributed by atoms with Crippen molar-refractivity contribution in [1.29, 1.82) is 0 Å². The molecule has 5 nitrogen and oxygen atoms in total. The van der Waals surface area contributed by atoms with Gasteiger partial charge in [0.05, 0.1) is 0 Å². The van der Waals surface area contributed by atoms with Crippen LogP contribution in [0.1, 0.15) is 39.5 Å². The lowest BCUT2D eigenvalue weighted by molar-refractivity contribution is 0.143. The van der Waals surface area contributed by atoms with E-state index in [0.29, 0.717) is 0 Å². The maximum Gasteiger partial charge on any atom is 0.191 e. The van der Waals surface area contributed by atoms with E-state index in [9.17, 15) is 0 Å².